The fourth-order valence-electron chi connectivity index (χ4n) is 2.75. The van der Waals surface area contributed by atoms with Gasteiger partial charge in [-0.15, -0.1) is 0 Å². The average molecular weight is 398 g/mol. The van der Waals surface area contributed by atoms with E-state index in [9.17, 15) is 18.0 Å². The van der Waals surface area contributed by atoms with Crippen LogP contribution in [0.4, 0.5) is 5.69 Å². The van der Waals surface area contributed by atoms with Crippen LogP contribution in [0.3, 0.4) is 0 Å². The molecule has 1 saturated heterocycles. The number of carbonyl (C=O) groups is 2. The topological polar surface area (TPSA) is 108 Å². The normalized spacial score (nSPS) is 15.4. The SMILES string of the molecule is COCCNC(=O)c1ccccc1NCC(=O)N1CCN(S(C)(=O)=O)CC1. The van der Waals surface area contributed by atoms with Gasteiger partial charge in [-0.1, -0.05) is 12.1 Å². The Balaban J connectivity index is 1.89. The van der Waals surface area contributed by atoms with Gasteiger partial charge in [-0.2, -0.15) is 4.31 Å². The summed E-state index contributed by atoms with van der Waals surface area (Å²) in [5.41, 5.74) is 1.01. The molecule has 2 N–H and O–H groups in total. The van der Waals surface area contributed by atoms with E-state index < -0.39 is 10.0 Å². The second-order valence-electron chi connectivity index (χ2n) is 6.19. The number of carbonyl (C=O) groups excluding carboxylic acids is 2. The number of anilines is 1. The zero-order chi connectivity index (χ0) is 19.9. The van der Waals surface area contributed by atoms with E-state index in [0.717, 1.165) is 0 Å². The Hall–Kier alpha value is -2.17. The van der Waals surface area contributed by atoms with Crippen molar-refractivity contribution < 1.29 is 22.7 Å². The molecular weight excluding hydrogens is 372 g/mol. The molecule has 1 fully saturated rings. The van der Waals surface area contributed by atoms with Crippen LogP contribution < -0.4 is 10.6 Å². The minimum Gasteiger partial charge on any atom is -0.383 e. The molecule has 1 aromatic rings. The molecule has 0 radical (unpaired) electrons. The summed E-state index contributed by atoms with van der Waals surface area (Å²) in [4.78, 5) is 26.3. The number of benzene rings is 1. The Morgan fingerprint density at radius 3 is 2.44 bits per heavy atom. The molecule has 0 unspecified atom stereocenters. The molecule has 2 rings (SSSR count). The molecular formula is C17H26N4O5S. The lowest BCUT2D eigenvalue weighted by Crippen LogP contribution is -2.51. The first-order chi connectivity index (χ1) is 12.8. The highest BCUT2D eigenvalue weighted by atomic mass is 32.2. The van der Waals surface area contributed by atoms with Gasteiger partial charge < -0.3 is 20.3 Å². The molecule has 27 heavy (non-hydrogen) atoms. The molecule has 10 heteroatoms. The minimum absolute atomic E-state index is 0.0290. The first kappa shape index (κ1) is 21.1. The van der Waals surface area contributed by atoms with Crippen molar-refractivity contribution in [1.82, 2.24) is 14.5 Å². The Morgan fingerprint density at radius 1 is 1.15 bits per heavy atom. The molecule has 0 bridgehead atoms. The summed E-state index contributed by atoms with van der Waals surface area (Å²) in [6, 6.07) is 6.95. The molecule has 9 nitrogen and oxygen atoms in total. The van der Waals surface area contributed by atoms with E-state index in [0.29, 0.717) is 50.6 Å². The summed E-state index contributed by atoms with van der Waals surface area (Å²) in [5, 5.41) is 5.76. The van der Waals surface area contributed by atoms with E-state index in [4.69, 9.17) is 4.74 Å². The van der Waals surface area contributed by atoms with Crippen molar-refractivity contribution in [3.05, 3.63) is 29.8 Å². The summed E-state index contributed by atoms with van der Waals surface area (Å²) in [5.74, 6) is -0.387. The van der Waals surface area contributed by atoms with Gasteiger partial charge in [0.1, 0.15) is 0 Å². The van der Waals surface area contributed by atoms with Gasteiger partial charge in [-0.25, -0.2) is 8.42 Å². The second-order valence-corrected chi connectivity index (χ2v) is 8.17. The summed E-state index contributed by atoms with van der Waals surface area (Å²) in [6.45, 7) is 2.14. The Labute approximate surface area is 159 Å². The number of piperazine rings is 1. The number of nitrogens with zero attached hydrogens (tertiary/aromatic N) is 2. The molecule has 2 amide bonds. The van der Waals surface area contributed by atoms with E-state index >= 15 is 0 Å². The van der Waals surface area contributed by atoms with E-state index in [2.05, 4.69) is 10.6 Å². The molecule has 0 spiro atoms. The number of rotatable bonds is 8. The maximum Gasteiger partial charge on any atom is 0.253 e. The van der Waals surface area contributed by atoms with Crippen LogP contribution in [-0.2, 0) is 19.6 Å². The Morgan fingerprint density at radius 2 is 1.81 bits per heavy atom. The highest BCUT2D eigenvalue weighted by Crippen LogP contribution is 2.15. The number of hydrogen-bond donors (Lipinski definition) is 2. The number of sulfonamides is 1. The van der Waals surface area contributed by atoms with Crippen LogP contribution in [0, 0.1) is 0 Å². The van der Waals surface area contributed by atoms with Crippen LogP contribution in [0.2, 0.25) is 0 Å². The van der Waals surface area contributed by atoms with Gasteiger partial charge >= 0.3 is 0 Å². The van der Waals surface area contributed by atoms with Crippen LogP contribution in [0.25, 0.3) is 0 Å². The summed E-state index contributed by atoms with van der Waals surface area (Å²) < 4.78 is 29.3. The molecule has 1 aliphatic rings. The highest BCUT2D eigenvalue weighted by Gasteiger charge is 2.25. The monoisotopic (exact) mass is 398 g/mol. The lowest BCUT2D eigenvalue weighted by Gasteiger charge is -2.33. The van der Waals surface area contributed by atoms with Crippen molar-refractivity contribution in [2.75, 3.05) is 64.6 Å². The lowest BCUT2D eigenvalue weighted by molar-refractivity contribution is -0.130. The fraction of sp³-hybridized carbons (Fsp3) is 0.529. The minimum atomic E-state index is -3.23. The van der Waals surface area contributed by atoms with Crippen LogP contribution in [0.1, 0.15) is 10.4 Å². The largest absolute Gasteiger partial charge is 0.383 e. The van der Waals surface area contributed by atoms with Crippen molar-refractivity contribution in [1.29, 1.82) is 0 Å². The molecule has 1 aromatic carbocycles. The van der Waals surface area contributed by atoms with E-state index in [1.807, 2.05) is 0 Å². The zero-order valence-electron chi connectivity index (χ0n) is 15.6. The smallest absolute Gasteiger partial charge is 0.253 e. The third-order valence-electron chi connectivity index (χ3n) is 4.25. The quantitative estimate of drug-likeness (QED) is 0.576. The van der Waals surface area contributed by atoms with Crippen molar-refractivity contribution in [2.24, 2.45) is 0 Å². The Kier molecular flexibility index (Phi) is 7.57. The van der Waals surface area contributed by atoms with E-state index in [1.165, 1.54) is 10.6 Å². The summed E-state index contributed by atoms with van der Waals surface area (Å²) in [6.07, 6.45) is 1.17. The zero-order valence-corrected chi connectivity index (χ0v) is 16.4. The van der Waals surface area contributed by atoms with Gasteiger partial charge in [0.05, 0.1) is 25.0 Å². The van der Waals surface area contributed by atoms with E-state index in [-0.39, 0.29) is 18.4 Å². The molecule has 150 valence electrons. The molecule has 0 aromatic heterocycles. The first-order valence-corrected chi connectivity index (χ1v) is 10.5. The third-order valence-corrected chi connectivity index (χ3v) is 5.56. The van der Waals surface area contributed by atoms with Gasteiger partial charge in [0.2, 0.25) is 15.9 Å². The summed E-state index contributed by atoms with van der Waals surface area (Å²) >= 11 is 0. The van der Waals surface area contributed by atoms with E-state index in [1.54, 1.807) is 36.3 Å². The van der Waals surface area contributed by atoms with Crippen LogP contribution in [0.5, 0.6) is 0 Å². The van der Waals surface area contributed by atoms with Crippen LogP contribution in [-0.4, -0.2) is 88.7 Å². The molecule has 0 saturated carbocycles. The first-order valence-electron chi connectivity index (χ1n) is 8.66. The number of para-hydroxylation sites is 1. The van der Waals surface area contributed by atoms with Gasteiger partial charge in [-0.05, 0) is 12.1 Å². The molecule has 0 aliphatic carbocycles. The number of amides is 2. The van der Waals surface area contributed by atoms with Crippen molar-refractivity contribution in [3.8, 4) is 0 Å². The van der Waals surface area contributed by atoms with Gasteiger partial charge in [0.25, 0.3) is 5.91 Å². The van der Waals surface area contributed by atoms with Gasteiger partial charge in [-0.3, -0.25) is 9.59 Å². The van der Waals surface area contributed by atoms with Crippen LogP contribution >= 0.6 is 0 Å². The molecule has 0 atom stereocenters. The van der Waals surface area contributed by atoms with Crippen molar-refractivity contribution in [3.63, 3.8) is 0 Å². The molecule has 1 heterocycles. The average Bonchev–Trinajstić information content (AvgIpc) is 2.66. The number of ether oxygens (including phenoxy) is 1. The van der Waals surface area contributed by atoms with Crippen molar-refractivity contribution in [2.45, 2.75) is 0 Å². The predicted octanol–water partition coefficient (Wildman–Crippen LogP) is -0.421. The maximum atomic E-state index is 12.4. The number of hydrogen-bond acceptors (Lipinski definition) is 6. The predicted molar refractivity (Wildman–Crippen MR) is 102 cm³/mol. The molecule has 1 aliphatic heterocycles. The standard InChI is InChI=1S/C17H26N4O5S/c1-26-12-7-18-17(23)14-5-3-4-6-15(14)19-13-16(22)20-8-10-21(11-9-20)27(2,24)25/h3-6,19H,7-13H2,1-2H3,(H,18,23). The van der Waals surface area contributed by atoms with Crippen molar-refractivity contribution >= 4 is 27.5 Å². The lowest BCUT2D eigenvalue weighted by atomic mass is 10.1. The maximum absolute atomic E-state index is 12.4. The van der Waals surface area contributed by atoms with Gasteiger partial charge in [0.15, 0.2) is 0 Å². The van der Waals surface area contributed by atoms with Crippen LogP contribution in [0.15, 0.2) is 24.3 Å². The Bertz CT molecular complexity index is 760. The second kappa shape index (κ2) is 9.67. The van der Waals surface area contributed by atoms with Gasteiger partial charge in [0, 0.05) is 45.5 Å². The fourth-order valence-corrected chi connectivity index (χ4v) is 3.58. The highest BCUT2D eigenvalue weighted by molar-refractivity contribution is 7.88. The third kappa shape index (κ3) is 6.19. The number of methoxy groups -OCH3 is 1. The number of nitrogens with one attached hydrogen (secondary N) is 2. The summed E-state index contributed by atoms with van der Waals surface area (Å²) in [7, 11) is -1.67.